The lowest BCUT2D eigenvalue weighted by Crippen LogP contribution is -2.42. The van der Waals surface area contributed by atoms with Crippen LogP contribution in [0.4, 0.5) is 4.39 Å². The van der Waals surface area contributed by atoms with E-state index in [1.165, 1.54) is 18.2 Å². The molecule has 18 heavy (non-hydrogen) atoms. The van der Waals surface area contributed by atoms with Crippen molar-refractivity contribution in [2.75, 3.05) is 13.1 Å². The van der Waals surface area contributed by atoms with Crippen LogP contribution in [0.25, 0.3) is 0 Å². The number of likely N-dealkylation sites (tertiary alicyclic amines) is 1. The molecule has 0 spiro atoms. The first kappa shape index (κ1) is 13.0. The SMILES string of the molecule is CC1(O)CCN(Cc2cc(F)ccc2C#N)CC1. The lowest BCUT2D eigenvalue weighted by Gasteiger charge is -2.35. The number of hydrogen-bond acceptors (Lipinski definition) is 3. The van der Waals surface area contributed by atoms with Gasteiger partial charge in [-0.25, -0.2) is 4.39 Å². The molecule has 1 saturated heterocycles. The van der Waals surface area contributed by atoms with E-state index in [1.54, 1.807) is 0 Å². The van der Waals surface area contributed by atoms with Crippen molar-refractivity contribution in [1.82, 2.24) is 4.90 Å². The molecule has 1 aromatic rings. The summed E-state index contributed by atoms with van der Waals surface area (Å²) in [7, 11) is 0. The second kappa shape index (κ2) is 5.05. The third kappa shape index (κ3) is 3.06. The minimum atomic E-state index is -0.587. The van der Waals surface area contributed by atoms with E-state index in [2.05, 4.69) is 11.0 Å². The number of hydrogen-bond donors (Lipinski definition) is 1. The Morgan fingerprint density at radius 2 is 2.11 bits per heavy atom. The van der Waals surface area contributed by atoms with Gasteiger partial charge in [-0.05, 0) is 43.5 Å². The molecule has 3 nitrogen and oxygen atoms in total. The van der Waals surface area contributed by atoms with Crippen LogP contribution < -0.4 is 0 Å². The molecule has 0 atom stereocenters. The minimum Gasteiger partial charge on any atom is -0.390 e. The van der Waals surface area contributed by atoms with E-state index in [0.29, 0.717) is 24.9 Å². The Morgan fingerprint density at radius 3 is 2.72 bits per heavy atom. The van der Waals surface area contributed by atoms with E-state index in [1.807, 2.05) is 6.92 Å². The molecule has 0 unspecified atom stereocenters. The van der Waals surface area contributed by atoms with Gasteiger partial charge >= 0.3 is 0 Å². The topological polar surface area (TPSA) is 47.3 Å². The predicted octanol–water partition coefficient (Wildman–Crippen LogP) is 2.04. The maximum Gasteiger partial charge on any atom is 0.123 e. The van der Waals surface area contributed by atoms with Crippen molar-refractivity contribution in [3.8, 4) is 6.07 Å². The lowest BCUT2D eigenvalue weighted by atomic mass is 9.93. The van der Waals surface area contributed by atoms with E-state index in [-0.39, 0.29) is 5.82 Å². The van der Waals surface area contributed by atoms with Crippen molar-refractivity contribution < 1.29 is 9.50 Å². The molecule has 2 rings (SSSR count). The van der Waals surface area contributed by atoms with Gasteiger partial charge in [0.2, 0.25) is 0 Å². The summed E-state index contributed by atoms with van der Waals surface area (Å²) < 4.78 is 13.2. The van der Waals surface area contributed by atoms with Crippen molar-refractivity contribution in [3.63, 3.8) is 0 Å². The number of nitrogens with zero attached hydrogens (tertiary/aromatic N) is 2. The molecule has 1 fully saturated rings. The maximum atomic E-state index is 13.2. The number of benzene rings is 1. The normalized spacial score (nSPS) is 19.4. The summed E-state index contributed by atoms with van der Waals surface area (Å²) in [4.78, 5) is 2.15. The average molecular weight is 248 g/mol. The molecule has 0 bridgehead atoms. The van der Waals surface area contributed by atoms with Crippen LogP contribution in [-0.4, -0.2) is 28.7 Å². The molecule has 0 aromatic heterocycles. The van der Waals surface area contributed by atoms with Crippen molar-refractivity contribution >= 4 is 0 Å². The quantitative estimate of drug-likeness (QED) is 0.871. The predicted molar refractivity (Wildman–Crippen MR) is 66.2 cm³/mol. The minimum absolute atomic E-state index is 0.312. The Labute approximate surface area is 106 Å². The Bertz CT molecular complexity index is 469. The molecule has 1 heterocycles. The smallest absolute Gasteiger partial charge is 0.123 e. The molecule has 96 valence electrons. The van der Waals surface area contributed by atoms with Gasteiger partial charge in [0.15, 0.2) is 0 Å². The van der Waals surface area contributed by atoms with E-state index < -0.39 is 5.60 Å². The van der Waals surface area contributed by atoms with Crippen molar-refractivity contribution in [2.45, 2.75) is 31.9 Å². The summed E-state index contributed by atoms with van der Waals surface area (Å²) in [5.74, 6) is -0.312. The van der Waals surface area contributed by atoms with Crippen molar-refractivity contribution in [1.29, 1.82) is 5.26 Å². The fourth-order valence-corrected chi connectivity index (χ4v) is 2.24. The molecule has 1 aromatic carbocycles. The monoisotopic (exact) mass is 248 g/mol. The molecule has 0 saturated carbocycles. The second-order valence-corrected chi connectivity index (χ2v) is 5.19. The zero-order chi connectivity index (χ0) is 13.2. The molecule has 1 N–H and O–H groups in total. The van der Waals surface area contributed by atoms with E-state index in [9.17, 15) is 9.50 Å². The summed E-state index contributed by atoms with van der Waals surface area (Å²) >= 11 is 0. The van der Waals surface area contributed by atoms with Crippen molar-refractivity contribution in [2.24, 2.45) is 0 Å². The van der Waals surface area contributed by atoms with E-state index in [0.717, 1.165) is 18.7 Å². The van der Waals surface area contributed by atoms with Crippen LogP contribution in [0.2, 0.25) is 0 Å². The first-order chi connectivity index (χ1) is 8.50. The molecule has 0 aliphatic carbocycles. The Kier molecular flexibility index (Phi) is 3.65. The highest BCUT2D eigenvalue weighted by molar-refractivity contribution is 5.37. The molecule has 1 aliphatic heterocycles. The number of nitriles is 1. The summed E-state index contributed by atoms with van der Waals surface area (Å²) in [6.07, 6.45) is 1.43. The third-order valence-corrected chi connectivity index (χ3v) is 3.51. The number of aliphatic hydroxyl groups is 1. The van der Waals surface area contributed by atoms with Crippen LogP contribution in [0.1, 0.15) is 30.9 Å². The summed E-state index contributed by atoms with van der Waals surface area (Å²) in [6.45, 7) is 3.95. The molecule has 0 radical (unpaired) electrons. The van der Waals surface area contributed by atoms with Gasteiger partial charge in [0.25, 0.3) is 0 Å². The van der Waals surface area contributed by atoms with Gasteiger partial charge in [-0.2, -0.15) is 5.26 Å². The first-order valence-corrected chi connectivity index (χ1v) is 6.13. The highest BCUT2D eigenvalue weighted by Crippen LogP contribution is 2.23. The Morgan fingerprint density at radius 1 is 1.44 bits per heavy atom. The van der Waals surface area contributed by atoms with Crippen LogP contribution in [0, 0.1) is 17.1 Å². The maximum absolute atomic E-state index is 13.2. The highest BCUT2D eigenvalue weighted by Gasteiger charge is 2.27. The first-order valence-electron chi connectivity index (χ1n) is 6.13. The fraction of sp³-hybridized carbons (Fsp3) is 0.500. The average Bonchev–Trinajstić information content (AvgIpc) is 2.32. The number of rotatable bonds is 2. The molecular weight excluding hydrogens is 231 g/mol. The number of piperidine rings is 1. The summed E-state index contributed by atoms with van der Waals surface area (Å²) in [5.41, 5.74) is 0.657. The second-order valence-electron chi connectivity index (χ2n) is 5.19. The standard InChI is InChI=1S/C14H17FN2O/c1-14(18)4-6-17(7-5-14)10-12-8-13(15)3-2-11(12)9-16/h2-3,8,18H,4-7,10H2,1H3. The van der Waals surface area contributed by atoms with Crippen LogP contribution in [0.3, 0.4) is 0 Å². The zero-order valence-electron chi connectivity index (χ0n) is 10.5. The van der Waals surface area contributed by atoms with Gasteiger partial charge in [0.1, 0.15) is 5.82 Å². The summed E-state index contributed by atoms with van der Waals surface area (Å²) in [5, 5.41) is 18.9. The van der Waals surface area contributed by atoms with Crippen molar-refractivity contribution in [3.05, 3.63) is 35.1 Å². The van der Waals surface area contributed by atoms with Crippen LogP contribution in [0.15, 0.2) is 18.2 Å². The van der Waals surface area contributed by atoms with Gasteiger partial charge in [0.05, 0.1) is 17.2 Å². The molecule has 4 heteroatoms. The zero-order valence-corrected chi connectivity index (χ0v) is 10.5. The lowest BCUT2D eigenvalue weighted by molar-refractivity contribution is -0.00733. The Hall–Kier alpha value is -1.44. The van der Waals surface area contributed by atoms with Gasteiger partial charge in [-0.15, -0.1) is 0 Å². The van der Waals surface area contributed by atoms with Crippen LogP contribution in [-0.2, 0) is 6.54 Å². The molecule has 0 amide bonds. The van der Waals surface area contributed by atoms with Gasteiger partial charge < -0.3 is 5.11 Å². The highest BCUT2D eigenvalue weighted by atomic mass is 19.1. The van der Waals surface area contributed by atoms with Gasteiger partial charge in [-0.1, -0.05) is 0 Å². The Balaban J connectivity index is 2.07. The molecular formula is C14H17FN2O. The molecule has 1 aliphatic rings. The van der Waals surface area contributed by atoms with E-state index >= 15 is 0 Å². The van der Waals surface area contributed by atoms with Crippen LogP contribution in [0.5, 0.6) is 0 Å². The fourth-order valence-electron chi connectivity index (χ4n) is 2.24. The summed E-state index contributed by atoms with van der Waals surface area (Å²) in [6, 6.07) is 6.34. The van der Waals surface area contributed by atoms with Crippen LogP contribution >= 0.6 is 0 Å². The third-order valence-electron chi connectivity index (χ3n) is 3.51. The van der Waals surface area contributed by atoms with E-state index in [4.69, 9.17) is 5.26 Å². The van der Waals surface area contributed by atoms with Gasteiger partial charge in [-0.3, -0.25) is 4.90 Å². The van der Waals surface area contributed by atoms with Gasteiger partial charge in [0, 0.05) is 19.6 Å². The number of halogens is 1. The largest absolute Gasteiger partial charge is 0.390 e.